The lowest BCUT2D eigenvalue weighted by Crippen LogP contribution is -2.38. The number of methoxy groups -OCH3 is 1. The molecule has 0 amide bonds. The second-order valence-electron chi connectivity index (χ2n) is 6.56. The average molecular weight is 400 g/mol. The first-order chi connectivity index (χ1) is 13.4. The van der Waals surface area contributed by atoms with Crippen LogP contribution in [0.2, 0.25) is 0 Å². The highest BCUT2D eigenvalue weighted by Crippen LogP contribution is 2.13. The molecule has 0 fully saturated rings. The molecule has 0 aliphatic heterocycles. The molecular formula is C19H32N2O7. The van der Waals surface area contributed by atoms with E-state index in [1.54, 1.807) is 7.11 Å². The Morgan fingerprint density at radius 3 is 2.50 bits per heavy atom. The first-order valence-corrected chi connectivity index (χ1v) is 9.35. The summed E-state index contributed by atoms with van der Waals surface area (Å²) in [6.07, 6.45) is 0.782. The molecule has 28 heavy (non-hydrogen) atoms. The van der Waals surface area contributed by atoms with E-state index in [0.29, 0.717) is 25.3 Å². The molecule has 0 aromatic heterocycles. The van der Waals surface area contributed by atoms with Crippen molar-refractivity contribution in [2.45, 2.75) is 45.3 Å². The zero-order valence-corrected chi connectivity index (χ0v) is 16.8. The third-order valence-corrected chi connectivity index (χ3v) is 3.74. The molecule has 1 rings (SSSR count). The summed E-state index contributed by atoms with van der Waals surface area (Å²) in [7, 11) is 1.67. The maximum absolute atomic E-state index is 12.0. The van der Waals surface area contributed by atoms with Gasteiger partial charge in [-0.25, -0.2) is 0 Å². The van der Waals surface area contributed by atoms with Crippen LogP contribution < -0.4 is 10.1 Å². The summed E-state index contributed by atoms with van der Waals surface area (Å²) in [5, 5.41) is 19.7. The lowest BCUT2D eigenvalue weighted by Gasteiger charge is -2.20. The number of ether oxygens (including phenoxy) is 3. The molecular weight excluding hydrogens is 368 g/mol. The predicted molar refractivity (Wildman–Crippen MR) is 101 cm³/mol. The number of nitrogens with zero attached hydrogens (tertiary/aromatic N) is 1. The van der Waals surface area contributed by atoms with Crippen LogP contribution in [-0.4, -0.2) is 67.4 Å². The normalized spacial score (nSPS) is 12.4. The minimum atomic E-state index is -0.448. The van der Waals surface area contributed by atoms with E-state index in [2.05, 4.69) is 10.2 Å². The zero-order valence-electron chi connectivity index (χ0n) is 16.8. The van der Waals surface area contributed by atoms with Crippen LogP contribution in [0.5, 0.6) is 5.75 Å². The Morgan fingerprint density at radius 2 is 1.89 bits per heavy atom. The number of nitrogens with one attached hydrogen (secondary N) is 1. The maximum atomic E-state index is 12.0. The second kappa shape index (κ2) is 14.3. The number of esters is 1. The van der Waals surface area contributed by atoms with Crippen molar-refractivity contribution in [1.82, 2.24) is 10.7 Å². The number of carbonyl (C=O) groups excluding carboxylic acids is 1. The van der Waals surface area contributed by atoms with Crippen LogP contribution in [0.15, 0.2) is 24.3 Å². The molecule has 0 aliphatic rings. The van der Waals surface area contributed by atoms with Gasteiger partial charge < -0.3 is 19.5 Å². The standard InChI is InChI=1S/C19H32N2O7/c1-15(2)20-13-18(28-19(22)5-4-11-27-21(23)24)14-26-17-8-6-16(7-9-17)10-12-25-3/h6-9,15,18,20,23-24H,4-5,10-14H2,1-3H3. The summed E-state index contributed by atoms with van der Waals surface area (Å²) < 4.78 is 16.3. The smallest absolute Gasteiger partial charge is 0.306 e. The summed E-state index contributed by atoms with van der Waals surface area (Å²) in [5.41, 5.74) is 1.16. The van der Waals surface area contributed by atoms with E-state index in [1.807, 2.05) is 38.1 Å². The largest absolute Gasteiger partial charge is 0.490 e. The third-order valence-electron chi connectivity index (χ3n) is 3.74. The summed E-state index contributed by atoms with van der Waals surface area (Å²) in [5.74, 6) is 0.297. The number of benzene rings is 1. The molecule has 0 heterocycles. The van der Waals surface area contributed by atoms with Crippen LogP contribution in [0.25, 0.3) is 0 Å². The topological polar surface area (TPSA) is 110 Å². The van der Waals surface area contributed by atoms with Gasteiger partial charge in [-0.05, 0) is 30.5 Å². The van der Waals surface area contributed by atoms with E-state index in [0.717, 1.165) is 12.0 Å². The van der Waals surface area contributed by atoms with E-state index < -0.39 is 12.1 Å². The van der Waals surface area contributed by atoms with Crippen LogP contribution in [0, 0.1) is 0 Å². The van der Waals surface area contributed by atoms with Crippen molar-refractivity contribution < 1.29 is 34.3 Å². The lowest BCUT2D eigenvalue weighted by atomic mass is 10.1. The van der Waals surface area contributed by atoms with Gasteiger partial charge in [-0.3, -0.25) is 20.0 Å². The molecule has 0 spiro atoms. The fourth-order valence-electron chi connectivity index (χ4n) is 2.27. The van der Waals surface area contributed by atoms with Crippen LogP contribution in [-0.2, 0) is 25.5 Å². The lowest BCUT2D eigenvalue weighted by molar-refractivity contribution is -0.492. The average Bonchev–Trinajstić information content (AvgIpc) is 2.66. The molecule has 0 saturated carbocycles. The Labute approximate surface area is 166 Å². The summed E-state index contributed by atoms with van der Waals surface area (Å²) in [6.45, 7) is 5.35. The summed E-state index contributed by atoms with van der Waals surface area (Å²) in [4.78, 5) is 16.4. The monoisotopic (exact) mass is 400 g/mol. The van der Waals surface area contributed by atoms with Gasteiger partial charge in [-0.2, -0.15) is 0 Å². The molecule has 0 aliphatic carbocycles. The Kier molecular flexibility index (Phi) is 12.4. The van der Waals surface area contributed by atoms with Gasteiger partial charge in [0.1, 0.15) is 18.5 Å². The Morgan fingerprint density at radius 1 is 1.18 bits per heavy atom. The van der Waals surface area contributed by atoms with Gasteiger partial charge in [-0.15, -0.1) is 0 Å². The fourth-order valence-corrected chi connectivity index (χ4v) is 2.27. The molecule has 1 unspecified atom stereocenters. The third kappa shape index (κ3) is 11.9. The number of rotatable bonds is 15. The van der Waals surface area contributed by atoms with Crippen molar-refractivity contribution in [3.63, 3.8) is 0 Å². The van der Waals surface area contributed by atoms with Crippen molar-refractivity contribution in [2.75, 3.05) is 33.5 Å². The van der Waals surface area contributed by atoms with Crippen molar-refractivity contribution >= 4 is 5.97 Å². The predicted octanol–water partition coefficient (Wildman–Crippen LogP) is 1.96. The van der Waals surface area contributed by atoms with Gasteiger partial charge in [-0.1, -0.05) is 26.0 Å². The molecule has 1 aromatic rings. The number of hydrogen-bond acceptors (Lipinski definition) is 9. The van der Waals surface area contributed by atoms with Gasteiger partial charge in [0.2, 0.25) is 0 Å². The highest BCUT2D eigenvalue weighted by atomic mass is 17.1. The molecule has 1 aromatic carbocycles. The fraction of sp³-hybridized carbons (Fsp3) is 0.632. The molecule has 1 atom stereocenters. The van der Waals surface area contributed by atoms with Crippen LogP contribution in [0.1, 0.15) is 32.3 Å². The summed E-state index contributed by atoms with van der Waals surface area (Å²) >= 11 is 0. The van der Waals surface area contributed by atoms with Gasteiger partial charge in [0.15, 0.2) is 0 Å². The van der Waals surface area contributed by atoms with E-state index in [1.165, 1.54) is 0 Å². The van der Waals surface area contributed by atoms with Crippen molar-refractivity contribution in [1.29, 1.82) is 0 Å². The molecule has 3 N–H and O–H groups in total. The highest BCUT2D eigenvalue weighted by Gasteiger charge is 2.16. The van der Waals surface area contributed by atoms with E-state index >= 15 is 0 Å². The first kappa shape index (κ1) is 24.3. The van der Waals surface area contributed by atoms with Crippen molar-refractivity contribution in [3.05, 3.63) is 29.8 Å². The second-order valence-corrected chi connectivity index (χ2v) is 6.56. The maximum Gasteiger partial charge on any atom is 0.306 e. The van der Waals surface area contributed by atoms with Crippen molar-refractivity contribution in [2.24, 2.45) is 0 Å². The van der Waals surface area contributed by atoms with Gasteiger partial charge in [0, 0.05) is 26.1 Å². The SMILES string of the molecule is COCCc1ccc(OCC(CNC(C)C)OC(=O)CCCON(O)O)cc1. The Bertz CT molecular complexity index is 538. The minimum Gasteiger partial charge on any atom is -0.490 e. The van der Waals surface area contributed by atoms with Crippen LogP contribution in [0.3, 0.4) is 0 Å². The van der Waals surface area contributed by atoms with Gasteiger partial charge in [0.25, 0.3) is 0 Å². The van der Waals surface area contributed by atoms with Crippen LogP contribution in [0.4, 0.5) is 0 Å². The van der Waals surface area contributed by atoms with E-state index in [9.17, 15) is 4.79 Å². The van der Waals surface area contributed by atoms with Crippen LogP contribution >= 0.6 is 0 Å². The molecule has 9 nitrogen and oxygen atoms in total. The van der Waals surface area contributed by atoms with E-state index in [4.69, 9.17) is 24.6 Å². The molecule has 0 bridgehead atoms. The van der Waals surface area contributed by atoms with E-state index in [-0.39, 0.29) is 31.1 Å². The van der Waals surface area contributed by atoms with Gasteiger partial charge in [0.05, 0.1) is 18.6 Å². The number of carbonyl (C=O) groups is 1. The Hall–Kier alpha value is -1.75. The zero-order chi connectivity index (χ0) is 20.8. The summed E-state index contributed by atoms with van der Waals surface area (Å²) in [6, 6.07) is 7.97. The quantitative estimate of drug-likeness (QED) is 0.231. The Balaban J connectivity index is 2.46. The first-order valence-electron chi connectivity index (χ1n) is 9.35. The number of hydrogen-bond donors (Lipinski definition) is 3. The van der Waals surface area contributed by atoms with Gasteiger partial charge >= 0.3 is 5.97 Å². The molecule has 0 radical (unpaired) electrons. The molecule has 160 valence electrons. The van der Waals surface area contributed by atoms with Crippen molar-refractivity contribution in [3.8, 4) is 5.75 Å². The molecule has 9 heteroatoms. The highest BCUT2D eigenvalue weighted by molar-refractivity contribution is 5.69. The molecule has 0 saturated heterocycles. The minimum absolute atomic E-state index is 0.0110.